The number of carbonyl (C=O) groups is 2. The van der Waals surface area contributed by atoms with Gasteiger partial charge in [-0.05, 0) is 41.1 Å². The van der Waals surface area contributed by atoms with Crippen molar-refractivity contribution in [3.05, 3.63) is 93.3 Å². The van der Waals surface area contributed by atoms with Crippen LogP contribution in [0.2, 0.25) is 5.02 Å². The second-order valence-corrected chi connectivity index (χ2v) is 7.28. The Hall–Kier alpha value is -3.44. The van der Waals surface area contributed by atoms with E-state index >= 15 is 0 Å². The SMILES string of the molecule is O=C(CCC(=O)c1ccc(Cl)cc1)OCc1cc(=O)oc2ccc3ccccc3c12. The van der Waals surface area contributed by atoms with E-state index in [0.717, 1.165) is 16.2 Å². The van der Waals surface area contributed by atoms with Gasteiger partial charge < -0.3 is 9.15 Å². The molecule has 4 aromatic rings. The van der Waals surface area contributed by atoms with Gasteiger partial charge in [0.1, 0.15) is 12.2 Å². The topological polar surface area (TPSA) is 73.6 Å². The number of carbonyl (C=O) groups excluding carboxylic acids is 2. The summed E-state index contributed by atoms with van der Waals surface area (Å²) in [5.74, 6) is -0.681. The molecule has 30 heavy (non-hydrogen) atoms. The lowest BCUT2D eigenvalue weighted by atomic mass is 10.0. The van der Waals surface area contributed by atoms with E-state index in [9.17, 15) is 14.4 Å². The van der Waals surface area contributed by atoms with E-state index in [0.29, 0.717) is 21.7 Å². The Morgan fingerprint density at radius 1 is 0.933 bits per heavy atom. The van der Waals surface area contributed by atoms with Crippen molar-refractivity contribution >= 4 is 45.1 Å². The van der Waals surface area contributed by atoms with Crippen molar-refractivity contribution in [2.24, 2.45) is 0 Å². The van der Waals surface area contributed by atoms with Crippen LogP contribution in [-0.4, -0.2) is 11.8 Å². The van der Waals surface area contributed by atoms with Crippen molar-refractivity contribution in [2.75, 3.05) is 0 Å². The van der Waals surface area contributed by atoms with E-state index < -0.39 is 11.6 Å². The summed E-state index contributed by atoms with van der Waals surface area (Å²) in [6.07, 6.45) is -0.0251. The third-order valence-electron chi connectivity index (χ3n) is 4.83. The molecule has 0 aliphatic heterocycles. The van der Waals surface area contributed by atoms with E-state index in [1.54, 1.807) is 30.3 Å². The zero-order valence-corrected chi connectivity index (χ0v) is 16.6. The van der Waals surface area contributed by atoms with Crippen molar-refractivity contribution < 1.29 is 18.7 Å². The van der Waals surface area contributed by atoms with Gasteiger partial charge in [0.15, 0.2) is 5.78 Å². The second-order valence-electron chi connectivity index (χ2n) is 6.84. The number of halogens is 1. The Balaban J connectivity index is 1.48. The Kier molecular flexibility index (Phi) is 5.63. The van der Waals surface area contributed by atoms with Gasteiger partial charge in [0.2, 0.25) is 0 Å². The molecular weight excluding hydrogens is 404 g/mol. The van der Waals surface area contributed by atoms with Crippen LogP contribution in [0.25, 0.3) is 21.7 Å². The van der Waals surface area contributed by atoms with Crippen LogP contribution in [0.1, 0.15) is 28.8 Å². The molecule has 0 radical (unpaired) electrons. The van der Waals surface area contributed by atoms with Crippen LogP contribution < -0.4 is 5.63 Å². The molecule has 0 aliphatic rings. The molecule has 0 N–H and O–H groups in total. The summed E-state index contributed by atoms with van der Waals surface area (Å²) in [5, 5.41) is 3.17. The molecule has 0 spiro atoms. The van der Waals surface area contributed by atoms with Gasteiger partial charge in [0.25, 0.3) is 0 Å². The van der Waals surface area contributed by atoms with Crippen LogP contribution >= 0.6 is 11.6 Å². The molecule has 3 aromatic carbocycles. The van der Waals surface area contributed by atoms with Crippen molar-refractivity contribution in [3.63, 3.8) is 0 Å². The average Bonchev–Trinajstić information content (AvgIpc) is 2.75. The summed E-state index contributed by atoms with van der Waals surface area (Å²) in [6, 6.07) is 19.1. The summed E-state index contributed by atoms with van der Waals surface area (Å²) < 4.78 is 10.7. The number of ketones is 1. The van der Waals surface area contributed by atoms with E-state index in [2.05, 4.69) is 0 Å². The average molecular weight is 421 g/mol. The van der Waals surface area contributed by atoms with Gasteiger partial charge in [-0.2, -0.15) is 0 Å². The Labute approximate surface area is 176 Å². The number of esters is 1. The number of benzene rings is 3. The summed E-state index contributed by atoms with van der Waals surface area (Å²) >= 11 is 5.82. The zero-order chi connectivity index (χ0) is 21.1. The number of fused-ring (bicyclic) bond motifs is 3. The van der Waals surface area contributed by atoms with Crippen molar-refractivity contribution in [1.82, 2.24) is 0 Å². The maximum absolute atomic E-state index is 12.2. The fourth-order valence-corrected chi connectivity index (χ4v) is 3.49. The first-order chi connectivity index (χ1) is 14.5. The lowest BCUT2D eigenvalue weighted by molar-refractivity contribution is -0.144. The minimum absolute atomic E-state index is 0.0288. The van der Waals surface area contributed by atoms with Crippen LogP contribution in [0, 0.1) is 0 Å². The standard InChI is InChI=1S/C24H17ClO5/c25-18-8-5-16(6-9-18)20(26)10-12-22(27)29-14-17-13-23(28)30-21-11-7-15-3-1-2-4-19(15)24(17)21/h1-9,11,13H,10,12,14H2. The highest BCUT2D eigenvalue weighted by Crippen LogP contribution is 2.27. The molecule has 1 aromatic heterocycles. The van der Waals surface area contributed by atoms with E-state index in [-0.39, 0.29) is 25.2 Å². The highest BCUT2D eigenvalue weighted by molar-refractivity contribution is 6.30. The minimum atomic E-state index is -0.515. The van der Waals surface area contributed by atoms with Gasteiger partial charge in [-0.1, -0.05) is 41.9 Å². The smallest absolute Gasteiger partial charge is 0.336 e. The van der Waals surface area contributed by atoms with Crippen LogP contribution in [0.3, 0.4) is 0 Å². The van der Waals surface area contributed by atoms with Crippen molar-refractivity contribution in [1.29, 1.82) is 0 Å². The van der Waals surface area contributed by atoms with E-state index in [4.69, 9.17) is 20.8 Å². The van der Waals surface area contributed by atoms with Crippen molar-refractivity contribution in [2.45, 2.75) is 19.4 Å². The summed E-state index contributed by atoms with van der Waals surface area (Å²) in [4.78, 5) is 36.3. The van der Waals surface area contributed by atoms with Crippen molar-refractivity contribution in [3.8, 4) is 0 Å². The van der Waals surface area contributed by atoms with Gasteiger partial charge in [-0.15, -0.1) is 0 Å². The zero-order valence-electron chi connectivity index (χ0n) is 15.9. The lowest BCUT2D eigenvalue weighted by Gasteiger charge is -2.09. The minimum Gasteiger partial charge on any atom is -0.461 e. The van der Waals surface area contributed by atoms with Crippen LogP contribution in [0.5, 0.6) is 0 Å². The first-order valence-corrected chi connectivity index (χ1v) is 9.78. The maximum atomic E-state index is 12.2. The van der Waals surface area contributed by atoms with Crippen LogP contribution in [0.4, 0.5) is 0 Å². The molecular formula is C24H17ClO5. The fourth-order valence-electron chi connectivity index (χ4n) is 3.36. The summed E-state index contributed by atoms with van der Waals surface area (Å²) in [5.41, 5.74) is 0.979. The molecule has 0 fully saturated rings. The molecule has 0 saturated heterocycles. The molecule has 0 atom stereocenters. The molecule has 150 valence electrons. The summed E-state index contributed by atoms with van der Waals surface area (Å²) in [7, 11) is 0. The number of hydrogen-bond acceptors (Lipinski definition) is 5. The highest BCUT2D eigenvalue weighted by Gasteiger charge is 2.14. The quantitative estimate of drug-likeness (QED) is 0.183. The molecule has 0 aliphatic carbocycles. The van der Waals surface area contributed by atoms with Crippen LogP contribution in [-0.2, 0) is 16.1 Å². The van der Waals surface area contributed by atoms with Gasteiger partial charge >= 0.3 is 11.6 Å². The maximum Gasteiger partial charge on any atom is 0.336 e. The van der Waals surface area contributed by atoms with E-state index in [1.165, 1.54) is 6.07 Å². The van der Waals surface area contributed by atoms with Gasteiger partial charge in [-0.25, -0.2) is 4.79 Å². The number of rotatable bonds is 6. The third kappa shape index (κ3) is 4.26. The van der Waals surface area contributed by atoms with Gasteiger partial charge in [0.05, 0.1) is 6.42 Å². The Morgan fingerprint density at radius 3 is 2.50 bits per heavy atom. The molecule has 0 amide bonds. The van der Waals surface area contributed by atoms with Gasteiger partial charge in [0, 0.05) is 34.0 Å². The predicted octanol–water partition coefficient (Wildman–Crippen LogP) is 5.31. The normalized spacial score (nSPS) is 11.0. The molecule has 1 heterocycles. The molecule has 6 heteroatoms. The molecule has 5 nitrogen and oxygen atoms in total. The first-order valence-electron chi connectivity index (χ1n) is 9.40. The van der Waals surface area contributed by atoms with Crippen LogP contribution in [0.15, 0.2) is 75.9 Å². The molecule has 0 saturated carbocycles. The fraction of sp³-hybridized carbons (Fsp3) is 0.125. The predicted molar refractivity (Wildman–Crippen MR) is 115 cm³/mol. The second kappa shape index (κ2) is 8.51. The third-order valence-corrected chi connectivity index (χ3v) is 5.08. The number of ether oxygens (including phenoxy) is 1. The van der Waals surface area contributed by atoms with E-state index in [1.807, 2.05) is 30.3 Å². The number of Topliss-reactive ketones (excluding diaryl/α,β-unsaturated/α-hetero) is 1. The molecule has 4 rings (SSSR count). The Morgan fingerprint density at radius 2 is 1.70 bits per heavy atom. The molecule has 0 bridgehead atoms. The van der Waals surface area contributed by atoms with Gasteiger partial charge in [-0.3, -0.25) is 9.59 Å². The highest BCUT2D eigenvalue weighted by atomic mass is 35.5. The summed E-state index contributed by atoms with van der Waals surface area (Å²) in [6.45, 7) is -0.0793. The Bertz CT molecular complexity index is 1300. The number of hydrogen-bond donors (Lipinski definition) is 0. The molecule has 0 unspecified atom stereocenters. The lowest BCUT2D eigenvalue weighted by Crippen LogP contribution is -2.10. The largest absolute Gasteiger partial charge is 0.461 e. The first kappa shape index (κ1) is 19.9. The monoisotopic (exact) mass is 420 g/mol.